The molecule has 0 saturated carbocycles. The van der Waals surface area contributed by atoms with Crippen LogP contribution in [-0.4, -0.2) is 38.7 Å². The fourth-order valence-electron chi connectivity index (χ4n) is 2.47. The van der Waals surface area contributed by atoms with Crippen molar-refractivity contribution in [2.24, 2.45) is 5.73 Å². The van der Waals surface area contributed by atoms with Crippen LogP contribution in [0.3, 0.4) is 0 Å². The average Bonchev–Trinajstić information content (AvgIpc) is 3.08. The van der Waals surface area contributed by atoms with Crippen LogP contribution in [0, 0.1) is 0 Å². The molecule has 0 radical (unpaired) electrons. The van der Waals surface area contributed by atoms with Crippen LogP contribution >= 0.6 is 11.7 Å². The van der Waals surface area contributed by atoms with E-state index in [-0.39, 0.29) is 17.9 Å². The van der Waals surface area contributed by atoms with E-state index in [0.29, 0.717) is 18.8 Å². The Kier molecular flexibility index (Phi) is 3.27. The molecule has 1 aromatic carbocycles. The van der Waals surface area contributed by atoms with Gasteiger partial charge in [-0.25, -0.2) is 0 Å². The molecule has 2 N–H and O–H groups in total. The second kappa shape index (κ2) is 5.07. The Bertz CT molecular complexity index is 557. The second-order valence-corrected chi connectivity index (χ2v) is 5.24. The van der Waals surface area contributed by atoms with E-state index in [0.717, 1.165) is 11.7 Å². The third-order valence-electron chi connectivity index (χ3n) is 3.46. The highest BCUT2D eigenvalue weighted by atomic mass is 32.1. The summed E-state index contributed by atoms with van der Waals surface area (Å²) in [5.41, 5.74) is 7.76. The van der Waals surface area contributed by atoms with Gasteiger partial charge in [-0.3, -0.25) is 4.79 Å². The molecule has 98 valence electrons. The zero-order valence-electron chi connectivity index (χ0n) is 10.3. The van der Waals surface area contributed by atoms with Crippen LogP contribution in [0.4, 0.5) is 0 Å². The fourth-order valence-corrected chi connectivity index (χ4v) is 2.88. The lowest BCUT2D eigenvalue weighted by Gasteiger charge is -2.15. The summed E-state index contributed by atoms with van der Waals surface area (Å²) >= 11 is 1.05. The van der Waals surface area contributed by atoms with Gasteiger partial charge in [-0.15, -0.1) is 0 Å². The van der Waals surface area contributed by atoms with E-state index in [1.165, 1.54) is 11.8 Å². The summed E-state index contributed by atoms with van der Waals surface area (Å²) in [7, 11) is 0. The number of carbonyl (C=O) groups excluding carboxylic acids is 1. The number of likely N-dealkylation sites (tertiary alicyclic amines) is 1. The summed E-state index contributed by atoms with van der Waals surface area (Å²) in [4.78, 5) is 14.0. The maximum Gasteiger partial charge on any atom is 0.275 e. The molecule has 0 aliphatic carbocycles. The molecule has 0 spiro atoms. The molecule has 2 aromatic rings. The smallest absolute Gasteiger partial charge is 0.275 e. The highest BCUT2D eigenvalue weighted by Gasteiger charge is 2.34. The lowest BCUT2D eigenvalue weighted by molar-refractivity contribution is 0.0784. The molecule has 6 heteroatoms. The zero-order chi connectivity index (χ0) is 13.2. The van der Waals surface area contributed by atoms with Crippen molar-refractivity contribution in [3.05, 3.63) is 47.8 Å². The third kappa shape index (κ3) is 2.36. The van der Waals surface area contributed by atoms with E-state index in [1.54, 1.807) is 4.90 Å². The van der Waals surface area contributed by atoms with E-state index in [2.05, 4.69) is 20.9 Å². The zero-order valence-corrected chi connectivity index (χ0v) is 11.1. The van der Waals surface area contributed by atoms with Crippen molar-refractivity contribution in [3.63, 3.8) is 0 Å². The van der Waals surface area contributed by atoms with Crippen LogP contribution in [0.1, 0.15) is 22.0 Å². The van der Waals surface area contributed by atoms with Gasteiger partial charge in [-0.1, -0.05) is 30.3 Å². The molecular formula is C13H14N4OS. The van der Waals surface area contributed by atoms with Gasteiger partial charge in [0.25, 0.3) is 5.91 Å². The van der Waals surface area contributed by atoms with Crippen LogP contribution in [0.5, 0.6) is 0 Å². The topological polar surface area (TPSA) is 72.1 Å². The molecule has 1 saturated heterocycles. The van der Waals surface area contributed by atoms with E-state index < -0.39 is 0 Å². The molecule has 1 aliphatic rings. The first kappa shape index (κ1) is 12.3. The first-order chi connectivity index (χ1) is 9.25. The second-order valence-electron chi connectivity index (χ2n) is 4.68. The van der Waals surface area contributed by atoms with Gasteiger partial charge in [0, 0.05) is 25.0 Å². The Morgan fingerprint density at radius 2 is 2.11 bits per heavy atom. The molecular weight excluding hydrogens is 260 g/mol. The number of nitrogens with zero attached hydrogens (tertiary/aromatic N) is 3. The van der Waals surface area contributed by atoms with Crippen molar-refractivity contribution in [2.75, 3.05) is 13.1 Å². The first-order valence-electron chi connectivity index (χ1n) is 6.13. The number of hydrogen-bond donors (Lipinski definition) is 1. The Labute approximate surface area is 115 Å². The van der Waals surface area contributed by atoms with Crippen molar-refractivity contribution in [1.29, 1.82) is 0 Å². The summed E-state index contributed by atoms with van der Waals surface area (Å²) < 4.78 is 7.84. The third-order valence-corrected chi connectivity index (χ3v) is 3.94. The number of aromatic nitrogens is 2. The van der Waals surface area contributed by atoms with E-state index in [9.17, 15) is 4.79 Å². The minimum Gasteiger partial charge on any atom is -0.335 e. The van der Waals surface area contributed by atoms with Crippen LogP contribution in [0.15, 0.2) is 36.5 Å². The Morgan fingerprint density at radius 3 is 2.79 bits per heavy atom. The van der Waals surface area contributed by atoms with Gasteiger partial charge in [0.2, 0.25) is 0 Å². The van der Waals surface area contributed by atoms with Crippen molar-refractivity contribution in [3.8, 4) is 0 Å². The summed E-state index contributed by atoms with van der Waals surface area (Å²) in [6.45, 7) is 1.21. The van der Waals surface area contributed by atoms with Crippen molar-refractivity contribution < 1.29 is 4.79 Å². The van der Waals surface area contributed by atoms with Gasteiger partial charge < -0.3 is 10.6 Å². The molecule has 1 fully saturated rings. The minimum absolute atomic E-state index is 0.0297. The van der Waals surface area contributed by atoms with Gasteiger partial charge in [0.15, 0.2) is 5.69 Å². The predicted octanol–water partition coefficient (Wildman–Crippen LogP) is 1.10. The van der Waals surface area contributed by atoms with Crippen molar-refractivity contribution in [2.45, 2.75) is 12.0 Å². The number of nitrogens with two attached hydrogens (primary N) is 1. The molecule has 2 atom stereocenters. The maximum atomic E-state index is 12.2. The van der Waals surface area contributed by atoms with Gasteiger partial charge in [0.05, 0.1) is 17.9 Å². The Morgan fingerprint density at radius 1 is 1.32 bits per heavy atom. The lowest BCUT2D eigenvalue weighted by Crippen LogP contribution is -2.32. The van der Waals surface area contributed by atoms with Gasteiger partial charge in [-0.05, 0) is 5.56 Å². The molecule has 0 unspecified atom stereocenters. The van der Waals surface area contributed by atoms with E-state index >= 15 is 0 Å². The number of carbonyl (C=O) groups is 1. The highest BCUT2D eigenvalue weighted by Crippen LogP contribution is 2.27. The fraction of sp³-hybridized carbons (Fsp3) is 0.308. The van der Waals surface area contributed by atoms with Crippen LogP contribution in [0.25, 0.3) is 0 Å². The molecule has 1 amide bonds. The highest BCUT2D eigenvalue weighted by molar-refractivity contribution is 6.99. The first-order valence-corrected chi connectivity index (χ1v) is 6.86. The van der Waals surface area contributed by atoms with Crippen LogP contribution < -0.4 is 5.73 Å². The Balaban J connectivity index is 1.77. The normalized spacial score (nSPS) is 22.7. The van der Waals surface area contributed by atoms with Crippen molar-refractivity contribution in [1.82, 2.24) is 13.6 Å². The van der Waals surface area contributed by atoms with Crippen LogP contribution in [-0.2, 0) is 0 Å². The van der Waals surface area contributed by atoms with Gasteiger partial charge >= 0.3 is 0 Å². The minimum atomic E-state index is -0.0809. The summed E-state index contributed by atoms with van der Waals surface area (Å²) in [5.74, 6) is 0.111. The molecule has 3 rings (SSSR count). The maximum absolute atomic E-state index is 12.2. The SMILES string of the molecule is N[C@@H]1CN(C(=O)c2cnsn2)C[C@H]1c1ccccc1. The number of hydrogen-bond acceptors (Lipinski definition) is 5. The summed E-state index contributed by atoms with van der Waals surface area (Å²) in [5, 5.41) is 0. The number of benzene rings is 1. The average molecular weight is 274 g/mol. The summed E-state index contributed by atoms with van der Waals surface area (Å²) in [6, 6.07) is 10.1. The largest absolute Gasteiger partial charge is 0.335 e. The standard InChI is InChI=1S/C13H14N4OS/c14-11-8-17(13(18)12-6-15-19-16-12)7-10(11)9-4-2-1-3-5-9/h1-6,10-11H,7-8,14H2/t10-,11+/m0/s1. The molecule has 19 heavy (non-hydrogen) atoms. The van der Waals surface area contributed by atoms with Crippen molar-refractivity contribution >= 4 is 17.6 Å². The van der Waals surface area contributed by atoms with Crippen LogP contribution in [0.2, 0.25) is 0 Å². The summed E-state index contributed by atoms with van der Waals surface area (Å²) in [6.07, 6.45) is 1.51. The van der Waals surface area contributed by atoms with Gasteiger partial charge in [0.1, 0.15) is 0 Å². The van der Waals surface area contributed by atoms with Gasteiger partial charge in [-0.2, -0.15) is 8.75 Å². The molecule has 2 heterocycles. The van der Waals surface area contributed by atoms with E-state index in [4.69, 9.17) is 5.73 Å². The quantitative estimate of drug-likeness (QED) is 0.890. The molecule has 1 aliphatic heterocycles. The molecule has 0 bridgehead atoms. The monoisotopic (exact) mass is 274 g/mol. The van der Waals surface area contributed by atoms with E-state index in [1.807, 2.05) is 18.2 Å². The predicted molar refractivity (Wildman–Crippen MR) is 73.0 cm³/mol. The molecule has 5 nitrogen and oxygen atoms in total. The Hall–Kier alpha value is -1.79. The molecule has 1 aromatic heterocycles. The number of rotatable bonds is 2. The lowest BCUT2D eigenvalue weighted by atomic mass is 9.95. The number of amides is 1.